The van der Waals surface area contributed by atoms with Crippen LogP contribution in [0.4, 0.5) is 14.6 Å². The highest BCUT2D eigenvalue weighted by molar-refractivity contribution is 7.13. The first-order valence-electron chi connectivity index (χ1n) is 5.33. The van der Waals surface area contributed by atoms with E-state index in [4.69, 9.17) is 0 Å². The molecule has 1 amide bonds. The lowest BCUT2D eigenvalue weighted by atomic mass is 10.4. The fourth-order valence-corrected chi connectivity index (χ4v) is 2.24. The molecule has 2 rings (SSSR count). The number of aryl methyl sites for hydroxylation is 3. The van der Waals surface area contributed by atoms with Crippen LogP contribution in [0.5, 0.6) is 0 Å². The van der Waals surface area contributed by atoms with Crippen LogP contribution < -0.4 is 5.32 Å². The van der Waals surface area contributed by atoms with E-state index >= 15 is 0 Å². The number of nitrogens with one attached hydrogen (secondary N) is 1. The maximum Gasteiger partial charge on any atom is 0.285 e. The Balaban J connectivity index is 2.24. The number of halogens is 2. The van der Waals surface area contributed by atoms with Gasteiger partial charge in [0.1, 0.15) is 5.69 Å². The molecule has 102 valence electrons. The van der Waals surface area contributed by atoms with E-state index in [1.165, 1.54) is 18.4 Å². The molecule has 0 radical (unpaired) electrons. The van der Waals surface area contributed by atoms with Crippen LogP contribution in [0.2, 0.25) is 0 Å². The Hall–Kier alpha value is -1.90. The predicted molar refractivity (Wildman–Crippen MR) is 65.5 cm³/mol. The first-order chi connectivity index (χ1) is 8.90. The summed E-state index contributed by atoms with van der Waals surface area (Å²) in [7, 11) is 1.34. The number of carbonyl (C=O) groups is 1. The fraction of sp³-hybridized carbons (Fsp3) is 0.400. The Morgan fingerprint density at radius 1 is 1.42 bits per heavy atom. The van der Waals surface area contributed by atoms with Crippen LogP contribution in [0.25, 0.3) is 0 Å². The number of nitrogens with zero attached hydrogens (tertiary/aromatic N) is 4. The number of alkyl halides is 2. The summed E-state index contributed by atoms with van der Waals surface area (Å²) >= 11 is 1.20. The molecule has 0 unspecified atom stereocenters. The van der Waals surface area contributed by atoms with Crippen LogP contribution in [0.15, 0.2) is 0 Å². The molecule has 1 N–H and O–H groups in total. The van der Waals surface area contributed by atoms with E-state index in [0.717, 1.165) is 15.3 Å². The van der Waals surface area contributed by atoms with Crippen LogP contribution in [-0.2, 0) is 7.05 Å². The van der Waals surface area contributed by atoms with E-state index < -0.39 is 18.0 Å². The molecule has 6 nitrogen and oxygen atoms in total. The van der Waals surface area contributed by atoms with Crippen LogP contribution >= 0.6 is 11.3 Å². The summed E-state index contributed by atoms with van der Waals surface area (Å²) < 4.78 is 26.5. The van der Waals surface area contributed by atoms with Gasteiger partial charge in [-0.25, -0.2) is 18.4 Å². The van der Waals surface area contributed by atoms with Crippen LogP contribution in [0.3, 0.4) is 0 Å². The molecule has 0 fully saturated rings. The minimum atomic E-state index is -2.77. The Morgan fingerprint density at radius 3 is 2.63 bits per heavy atom. The molecular formula is C10H11F2N5OS. The van der Waals surface area contributed by atoms with E-state index in [9.17, 15) is 13.6 Å². The maximum atomic E-state index is 12.8. The van der Waals surface area contributed by atoms with Gasteiger partial charge in [0.25, 0.3) is 12.3 Å². The molecule has 0 saturated heterocycles. The van der Waals surface area contributed by atoms with Gasteiger partial charge in [-0.15, -0.1) is 16.4 Å². The van der Waals surface area contributed by atoms with E-state index in [-0.39, 0.29) is 10.8 Å². The first kappa shape index (κ1) is 13.5. The number of rotatable bonds is 3. The number of amides is 1. The fourth-order valence-electron chi connectivity index (χ4n) is 1.43. The summed E-state index contributed by atoms with van der Waals surface area (Å²) in [4.78, 5) is 16.8. The molecule has 2 aromatic heterocycles. The molecule has 0 spiro atoms. The Kier molecular flexibility index (Phi) is 3.56. The normalized spacial score (nSPS) is 11.1. The molecule has 2 heterocycles. The van der Waals surface area contributed by atoms with Crippen molar-refractivity contribution in [3.63, 3.8) is 0 Å². The molecule has 9 heteroatoms. The highest BCUT2D eigenvalue weighted by Crippen LogP contribution is 2.25. The third-order valence-electron chi connectivity index (χ3n) is 2.53. The summed E-state index contributed by atoms with van der Waals surface area (Å²) in [5.74, 6) is -0.809. The van der Waals surface area contributed by atoms with E-state index in [1.54, 1.807) is 6.92 Å². The highest BCUT2D eigenvalue weighted by atomic mass is 32.1. The van der Waals surface area contributed by atoms with Gasteiger partial charge in [-0.05, 0) is 13.8 Å². The van der Waals surface area contributed by atoms with E-state index in [1.807, 2.05) is 6.92 Å². The summed E-state index contributed by atoms with van der Waals surface area (Å²) in [6, 6.07) is 0. The Morgan fingerprint density at radius 2 is 2.11 bits per heavy atom. The highest BCUT2D eigenvalue weighted by Gasteiger charge is 2.23. The predicted octanol–water partition coefficient (Wildman–Crippen LogP) is 2.08. The van der Waals surface area contributed by atoms with Crippen molar-refractivity contribution >= 4 is 23.1 Å². The molecular weight excluding hydrogens is 276 g/mol. The second kappa shape index (κ2) is 5.00. The summed E-state index contributed by atoms with van der Waals surface area (Å²) in [5.41, 5.74) is 0.307. The third-order valence-corrected chi connectivity index (χ3v) is 3.60. The number of carbonyl (C=O) groups excluding carboxylic acids is 1. The monoisotopic (exact) mass is 287 g/mol. The molecule has 0 bridgehead atoms. The number of anilines is 1. The van der Waals surface area contributed by atoms with Gasteiger partial charge in [0, 0.05) is 11.9 Å². The molecule has 0 atom stereocenters. The van der Waals surface area contributed by atoms with E-state index in [2.05, 4.69) is 20.6 Å². The SMILES string of the molecule is Cc1nc(C(=O)Nc2nnn(C)c2C(F)F)sc1C. The van der Waals surface area contributed by atoms with Crippen LogP contribution in [0, 0.1) is 13.8 Å². The number of hydrogen-bond donors (Lipinski definition) is 1. The zero-order chi connectivity index (χ0) is 14.2. The largest absolute Gasteiger partial charge is 0.301 e. The average molecular weight is 287 g/mol. The molecule has 2 aromatic rings. The molecule has 19 heavy (non-hydrogen) atoms. The molecule has 0 aliphatic carbocycles. The van der Waals surface area contributed by atoms with Crippen molar-refractivity contribution in [1.82, 2.24) is 20.0 Å². The first-order valence-corrected chi connectivity index (χ1v) is 6.15. The van der Waals surface area contributed by atoms with Gasteiger partial charge >= 0.3 is 0 Å². The number of thiazole rings is 1. The van der Waals surface area contributed by atoms with Crippen molar-refractivity contribution in [2.75, 3.05) is 5.32 Å². The van der Waals surface area contributed by atoms with Crippen molar-refractivity contribution in [3.8, 4) is 0 Å². The molecule has 0 aliphatic rings. The maximum absolute atomic E-state index is 12.8. The number of aromatic nitrogens is 4. The topological polar surface area (TPSA) is 72.7 Å². The average Bonchev–Trinajstić information content (AvgIpc) is 2.84. The second-order valence-electron chi connectivity index (χ2n) is 3.86. The minimum absolute atomic E-state index is 0.209. The van der Waals surface area contributed by atoms with Gasteiger partial charge < -0.3 is 5.32 Å². The summed E-state index contributed by atoms with van der Waals surface area (Å²) in [6.45, 7) is 3.60. The standard InChI is InChI=1S/C10H11F2N5OS/c1-4-5(2)19-10(13-4)9(18)14-8-6(7(11)12)17(3)16-15-8/h7H,1-3H3,(H,14,18). The molecule has 0 aromatic carbocycles. The smallest absolute Gasteiger partial charge is 0.285 e. The number of hydrogen-bond acceptors (Lipinski definition) is 5. The second-order valence-corrected chi connectivity index (χ2v) is 5.07. The van der Waals surface area contributed by atoms with E-state index in [0.29, 0.717) is 0 Å². The third kappa shape index (κ3) is 2.60. The van der Waals surface area contributed by atoms with Crippen molar-refractivity contribution in [3.05, 3.63) is 21.3 Å². The van der Waals surface area contributed by atoms with Gasteiger partial charge in [0.2, 0.25) is 0 Å². The van der Waals surface area contributed by atoms with Gasteiger partial charge in [0.05, 0.1) is 5.69 Å². The van der Waals surface area contributed by atoms with Crippen LogP contribution in [0.1, 0.15) is 32.5 Å². The quantitative estimate of drug-likeness (QED) is 0.938. The van der Waals surface area contributed by atoms with Crippen molar-refractivity contribution < 1.29 is 13.6 Å². The van der Waals surface area contributed by atoms with Crippen LogP contribution in [-0.4, -0.2) is 25.9 Å². The van der Waals surface area contributed by atoms with Gasteiger partial charge in [-0.1, -0.05) is 5.21 Å². The van der Waals surface area contributed by atoms with Gasteiger partial charge in [-0.2, -0.15) is 0 Å². The molecule has 0 saturated carbocycles. The van der Waals surface area contributed by atoms with Crippen molar-refractivity contribution in [2.45, 2.75) is 20.3 Å². The molecule has 0 aliphatic heterocycles. The van der Waals surface area contributed by atoms with Crippen molar-refractivity contribution in [2.24, 2.45) is 7.05 Å². The van der Waals surface area contributed by atoms with Crippen molar-refractivity contribution in [1.29, 1.82) is 0 Å². The Bertz CT molecular complexity index is 602. The summed E-state index contributed by atoms with van der Waals surface area (Å²) in [6.07, 6.45) is -2.77. The lowest BCUT2D eigenvalue weighted by molar-refractivity contribution is 0.102. The zero-order valence-electron chi connectivity index (χ0n) is 10.4. The Labute approximate surface area is 111 Å². The lowest BCUT2D eigenvalue weighted by Gasteiger charge is -2.03. The zero-order valence-corrected chi connectivity index (χ0v) is 11.3. The minimum Gasteiger partial charge on any atom is -0.301 e. The lowest BCUT2D eigenvalue weighted by Crippen LogP contribution is -2.14. The van der Waals surface area contributed by atoms with Gasteiger partial charge in [-0.3, -0.25) is 4.79 Å². The van der Waals surface area contributed by atoms with Gasteiger partial charge in [0.15, 0.2) is 10.8 Å². The summed E-state index contributed by atoms with van der Waals surface area (Å²) in [5, 5.41) is 9.49.